The topological polar surface area (TPSA) is 89.1 Å². The smallest absolute Gasteiger partial charge is 0.267 e. The highest BCUT2D eigenvalue weighted by molar-refractivity contribution is 5.90. The average Bonchev–Trinajstić information content (AvgIpc) is 3.15. The minimum atomic E-state index is -0.348. The standard InChI is InChI=1S/C21H22N4O3/c26-20(25-28-21-3-1-2-12-27-21)9-8-15-4-6-16(7-5-15)13-19-23-17-10-11-22-14-18(17)24-19/h4-11,14,21H,1-3,12-13H2,(H,23,24)(H,25,26)/b9-8+. The van der Waals surface area contributed by atoms with Gasteiger partial charge in [-0.15, -0.1) is 0 Å². The van der Waals surface area contributed by atoms with Crippen molar-refractivity contribution in [2.24, 2.45) is 0 Å². The number of imidazole rings is 1. The van der Waals surface area contributed by atoms with E-state index < -0.39 is 0 Å². The Kier molecular flexibility index (Phi) is 5.75. The molecular formula is C21H22N4O3. The number of fused-ring (bicyclic) bond motifs is 1. The predicted molar refractivity (Wildman–Crippen MR) is 105 cm³/mol. The third-order valence-electron chi connectivity index (χ3n) is 4.54. The van der Waals surface area contributed by atoms with Crippen LogP contribution in [0.2, 0.25) is 0 Å². The lowest BCUT2D eigenvalue weighted by atomic mass is 10.1. The van der Waals surface area contributed by atoms with Gasteiger partial charge in [0.25, 0.3) is 5.91 Å². The molecule has 1 amide bonds. The van der Waals surface area contributed by atoms with Crippen molar-refractivity contribution < 1.29 is 14.4 Å². The molecule has 0 saturated carbocycles. The van der Waals surface area contributed by atoms with Gasteiger partial charge in [-0.1, -0.05) is 24.3 Å². The van der Waals surface area contributed by atoms with Gasteiger partial charge < -0.3 is 9.72 Å². The van der Waals surface area contributed by atoms with Crippen LogP contribution in [0, 0.1) is 0 Å². The molecule has 1 aliphatic rings. The molecule has 4 rings (SSSR count). The fraction of sp³-hybridized carbons (Fsp3) is 0.286. The van der Waals surface area contributed by atoms with E-state index in [1.54, 1.807) is 18.5 Å². The van der Waals surface area contributed by atoms with Gasteiger partial charge in [-0.2, -0.15) is 0 Å². The van der Waals surface area contributed by atoms with Crippen molar-refractivity contribution in [2.45, 2.75) is 32.0 Å². The van der Waals surface area contributed by atoms with Crippen molar-refractivity contribution in [3.05, 3.63) is 65.8 Å². The SMILES string of the molecule is O=C(/C=C/c1ccc(Cc2nc3ccncc3[nH]2)cc1)NOC1CCCCO1. The molecule has 1 unspecified atom stereocenters. The van der Waals surface area contributed by atoms with Gasteiger partial charge in [0.1, 0.15) is 5.82 Å². The van der Waals surface area contributed by atoms with Gasteiger partial charge in [0.05, 0.1) is 17.2 Å². The molecule has 144 valence electrons. The number of hydrogen-bond acceptors (Lipinski definition) is 5. The number of aromatic nitrogens is 3. The van der Waals surface area contributed by atoms with E-state index in [1.165, 1.54) is 6.08 Å². The van der Waals surface area contributed by atoms with E-state index >= 15 is 0 Å². The molecule has 2 N–H and O–H groups in total. The lowest BCUT2D eigenvalue weighted by Gasteiger charge is -2.21. The molecule has 1 saturated heterocycles. The third kappa shape index (κ3) is 4.82. The largest absolute Gasteiger partial charge is 0.350 e. The highest BCUT2D eigenvalue weighted by Crippen LogP contribution is 2.14. The van der Waals surface area contributed by atoms with Crippen LogP contribution in [0.4, 0.5) is 0 Å². The lowest BCUT2D eigenvalue weighted by Crippen LogP contribution is -2.32. The molecule has 0 aliphatic carbocycles. The second kappa shape index (κ2) is 8.77. The zero-order valence-corrected chi connectivity index (χ0v) is 15.4. The van der Waals surface area contributed by atoms with Gasteiger partial charge in [-0.05, 0) is 36.1 Å². The summed E-state index contributed by atoms with van der Waals surface area (Å²) in [5, 5.41) is 0. The number of nitrogens with one attached hydrogen (secondary N) is 2. The highest BCUT2D eigenvalue weighted by Gasteiger charge is 2.14. The van der Waals surface area contributed by atoms with E-state index in [-0.39, 0.29) is 12.2 Å². The third-order valence-corrected chi connectivity index (χ3v) is 4.54. The van der Waals surface area contributed by atoms with Crippen molar-refractivity contribution in [1.29, 1.82) is 0 Å². The Balaban J connectivity index is 1.29. The maximum absolute atomic E-state index is 11.9. The highest BCUT2D eigenvalue weighted by atomic mass is 16.8. The predicted octanol–water partition coefficient (Wildman–Crippen LogP) is 3.14. The monoisotopic (exact) mass is 378 g/mol. The van der Waals surface area contributed by atoms with E-state index in [0.717, 1.165) is 47.2 Å². The molecule has 1 fully saturated rings. The minimum absolute atomic E-state index is 0.311. The molecule has 7 heteroatoms. The minimum Gasteiger partial charge on any atom is -0.350 e. The van der Waals surface area contributed by atoms with Crippen molar-refractivity contribution in [2.75, 3.05) is 6.61 Å². The van der Waals surface area contributed by atoms with Crippen molar-refractivity contribution in [3.63, 3.8) is 0 Å². The Morgan fingerprint density at radius 1 is 1.29 bits per heavy atom. The summed E-state index contributed by atoms with van der Waals surface area (Å²) in [6.45, 7) is 0.674. The Hall–Kier alpha value is -3.03. The van der Waals surface area contributed by atoms with Crippen molar-refractivity contribution >= 4 is 23.0 Å². The summed E-state index contributed by atoms with van der Waals surface area (Å²) in [5.41, 5.74) is 6.32. The van der Waals surface area contributed by atoms with Gasteiger partial charge >= 0.3 is 0 Å². The maximum atomic E-state index is 11.9. The molecule has 3 heterocycles. The molecular weight excluding hydrogens is 356 g/mol. The molecule has 1 aromatic carbocycles. The summed E-state index contributed by atoms with van der Waals surface area (Å²) < 4.78 is 5.40. The van der Waals surface area contributed by atoms with E-state index in [1.807, 2.05) is 30.3 Å². The van der Waals surface area contributed by atoms with E-state index in [9.17, 15) is 4.79 Å². The van der Waals surface area contributed by atoms with Crippen LogP contribution >= 0.6 is 0 Å². The number of hydroxylamine groups is 1. The van der Waals surface area contributed by atoms with Gasteiger partial charge in [0.2, 0.25) is 0 Å². The first-order valence-corrected chi connectivity index (χ1v) is 9.39. The molecule has 0 bridgehead atoms. The molecule has 0 spiro atoms. The summed E-state index contributed by atoms with van der Waals surface area (Å²) in [5.74, 6) is 0.585. The van der Waals surface area contributed by atoms with E-state index in [0.29, 0.717) is 13.0 Å². The second-order valence-corrected chi connectivity index (χ2v) is 6.71. The Labute approximate surface area is 162 Å². The lowest BCUT2D eigenvalue weighted by molar-refractivity contribution is -0.198. The number of carbonyl (C=O) groups is 1. The number of carbonyl (C=O) groups excluding carboxylic acids is 1. The van der Waals surface area contributed by atoms with Crippen LogP contribution < -0.4 is 5.48 Å². The van der Waals surface area contributed by atoms with Crippen LogP contribution in [0.3, 0.4) is 0 Å². The molecule has 7 nitrogen and oxygen atoms in total. The summed E-state index contributed by atoms with van der Waals surface area (Å²) in [6, 6.07) is 9.87. The average molecular weight is 378 g/mol. The Bertz CT molecular complexity index is 926. The van der Waals surface area contributed by atoms with Crippen LogP contribution in [-0.4, -0.2) is 33.8 Å². The number of pyridine rings is 1. The van der Waals surface area contributed by atoms with Crippen molar-refractivity contribution in [1.82, 2.24) is 20.4 Å². The molecule has 2 aromatic heterocycles. The van der Waals surface area contributed by atoms with Crippen molar-refractivity contribution in [3.8, 4) is 0 Å². The number of hydrogen-bond donors (Lipinski definition) is 2. The zero-order valence-electron chi connectivity index (χ0n) is 15.4. The summed E-state index contributed by atoms with van der Waals surface area (Å²) in [6.07, 6.45) is 9.94. The first-order chi connectivity index (χ1) is 13.8. The number of benzene rings is 1. The number of nitrogens with zero attached hydrogens (tertiary/aromatic N) is 2. The fourth-order valence-electron chi connectivity index (χ4n) is 3.07. The summed E-state index contributed by atoms with van der Waals surface area (Å²) >= 11 is 0. The normalized spacial score (nSPS) is 17.2. The number of H-pyrrole nitrogens is 1. The fourth-order valence-corrected chi connectivity index (χ4v) is 3.07. The quantitative estimate of drug-likeness (QED) is 0.508. The summed E-state index contributed by atoms with van der Waals surface area (Å²) in [7, 11) is 0. The number of rotatable bonds is 6. The van der Waals surface area contributed by atoms with Crippen LogP contribution in [0.1, 0.15) is 36.2 Å². The van der Waals surface area contributed by atoms with E-state index in [4.69, 9.17) is 9.57 Å². The number of amides is 1. The van der Waals surface area contributed by atoms with Crippen LogP contribution in [0.15, 0.2) is 48.8 Å². The molecule has 0 radical (unpaired) electrons. The van der Waals surface area contributed by atoms with E-state index in [2.05, 4.69) is 20.4 Å². The first kappa shape index (κ1) is 18.3. The second-order valence-electron chi connectivity index (χ2n) is 6.71. The molecule has 1 aliphatic heterocycles. The van der Waals surface area contributed by atoms with Gasteiger partial charge in [-0.3, -0.25) is 9.78 Å². The molecule has 28 heavy (non-hydrogen) atoms. The van der Waals surface area contributed by atoms with Gasteiger partial charge in [0, 0.05) is 31.7 Å². The van der Waals surface area contributed by atoms with Crippen LogP contribution in [-0.2, 0) is 20.8 Å². The molecule has 1 atom stereocenters. The van der Waals surface area contributed by atoms with Gasteiger partial charge in [-0.25, -0.2) is 15.3 Å². The summed E-state index contributed by atoms with van der Waals surface area (Å²) in [4.78, 5) is 29.0. The first-order valence-electron chi connectivity index (χ1n) is 9.39. The number of aromatic amines is 1. The number of ether oxygens (including phenoxy) is 1. The van der Waals surface area contributed by atoms with Gasteiger partial charge in [0.15, 0.2) is 6.29 Å². The maximum Gasteiger partial charge on any atom is 0.267 e. The zero-order chi connectivity index (χ0) is 19.2. The Morgan fingerprint density at radius 3 is 2.96 bits per heavy atom. The molecule has 3 aromatic rings. The van der Waals surface area contributed by atoms with Crippen LogP contribution in [0.25, 0.3) is 17.1 Å². The Morgan fingerprint density at radius 2 is 2.18 bits per heavy atom. The van der Waals surface area contributed by atoms with Crippen LogP contribution in [0.5, 0.6) is 0 Å².